The van der Waals surface area contributed by atoms with Gasteiger partial charge in [0.2, 0.25) is 0 Å². The molecular formula is C10H13ClFNS. The van der Waals surface area contributed by atoms with Gasteiger partial charge in [0.25, 0.3) is 0 Å². The fraction of sp³-hybridized carbons (Fsp3) is 0.400. The van der Waals surface area contributed by atoms with Crippen molar-refractivity contribution in [2.24, 2.45) is 0 Å². The molecule has 0 spiro atoms. The van der Waals surface area contributed by atoms with Crippen molar-refractivity contribution >= 4 is 23.4 Å². The highest BCUT2D eigenvalue weighted by molar-refractivity contribution is 7.99. The molecule has 0 saturated carbocycles. The van der Waals surface area contributed by atoms with Gasteiger partial charge >= 0.3 is 0 Å². The van der Waals surface area contributed by atoms with Crippen LogP contribution < -0.4 is 5.32 Å². The maximum atomic E-state index is 13.3. The van der Waals surface area contributed by atoms with Gasteiger partial charge < -0.3 is 5.32 Å². The third-order valence-corrected chi connectivity index (χ3v) is 3.21. The first-order valence-corrected chi connectivity index (χ1v) is 6.00. The van der Waals surface area contributed by atoms with Gasteiger partial charge in [0.05, 0.1) is 5.37 Å². The summed E-state index contributed by atoms with van der Waals surface area (Å²) in [6.07, 6.45) is 2.00. The van der Waals surface area contributed by atoms with Crippen LogP contribution in [0.2, 0.25) is 5.02 Å². The van der Waals surface area contributed by atoms with E-state index in [4.69, 9.17) is 11.6 Å². The zero-order valence-corrected chi connectivity index (χ0v) is 9.75. The summed E-state index contributed by atoms with van der Waals surface area (Å²) in [6.45, 7) is 2.49. The molecule has 78 valence electrons. The normalized spacial score (nSPS) is 12.9. The number of rotatable bonds is 4. The molecule has 1 N–H and O–H groups in total. The Balaban J connectivity index is 2.66. The van der Waals surface area contributed by atoms with Crippen molar-refractivity contribution in [3.63, 3.8) is 0 Å². The van der Waals surface area contributed by atoms with Gasteiger partial charge in [-0.1, -0.05) is 17.7 Å². The van der Waals surface area contributed by atoms with E-state index in [0.717, 1.165) is 0 Å². The first-order chi connectivity index (χ1) is 6.65. The summed E-state index contributed by atoms with van der Waals surface area (Å²) in [5.41, 5.74) is 0.537. The van der Waals surface area contributed by atoms with E-state index in [-0.39, 0.29) is 5.82 Å². The Morgan fingerprint density at radius 1 is 1.57 bits per heavy atom. The van der Waals surface area contributed by atoms with E-state index in [1.165, 1.54) is 6.07 Å². The molecule has 14 heavy (non-hydrogen) atoms. The highest BCUT2D eigenvalue weighted by Gasteiger charge is 2.07. The van der Waals surface area contributed by atoms with Crippen LogP contribution in [0.1, 0.15) is 12.5 Å². The van der Waals surface area contributed by atoms with E-state index in [9.17, 15) is 4.39 Å². The Kier molecular flexibility index (Phi) is 4.72. The summed E-state index contributed by atoms with van der Waals surface area (Å²) in [6, 6.07) is 4.73. The van der Waals surface area contributed by atoms with Crippen LogP contribution in [0.5, 0.6) is 0 Å². The minimum absolute atomic E-state index is 0.252. The lowest BCUT2D eigenvalue weighted by atomic mass is 10.2. The van der Waals surface area contributed by atoms with E-state index < -0.39 is 0 Å². The van der Waals surface area contributed by atoms with E-state index in [0.29, 0.717) is 22.5 Å². The van der Waals surface area contributed by atoms with Crippen LogP contribution in [0.4, 0.5) is 4.39 Å². The van der Waals surface area contributed by atoms with Gasteiger partial charge in [-0.15, -0.1) is 11.8 Å². The second kappa shape index (κ2) is 5.59. The molecule has 0 aromatic heterocycles. The Bertz CT molecular complexity index is 286. The predicted molar refractivity (Wildman–Crippen MR) is 61.2 cm³/mol. The molecule has 0 saturated heterocycles. The maximum Gasteiger partial charge on any atom is 0.129 e. The average molecular weight is 234 g/mol. The molecule has 0 aliphatic rings. The summed E-state index contributed by atoms with van der Waals surface area (Å²) >= 11 is 7.55. The zero-order chi connectivity index (χ0) is 10.6. The van der Waals surface area contributed by atoms with Crippen molar-refractivity contribution in [3.05, 3.63) is 34.6 Å². The van der Waals surface area contributed by atoms with E-state index in [1.54, 1.807) is 23.9 Å². The molecule has 1 unspecified atom stereocenters. The molecule has 0 heterocycles. The highest BCUT2D eigenvalue weighted by Crippen LogP contribution is 2.19. The molecule has 0 fully saturated rings. The SMILES string of the molecule is CSC(C)NCc1c(F)cccc1Cl. The zero-order valence-electron chi connectivity index (χ0n) is 8.18. The smallest absolute Gasteiger partial charge is 0.129 e. The molecule has 0 radical (unpaired) electrons. The van der Waals surface area contributed by atoms with Crippen molar-refractivity contribution in [2.75, 3.05) is 6.26 Å². The number of halogens is 2. The van der Waals surface area contributed by atoms with E-state index in [2.05, 4.69) is 5.32 Å². The predicted octanol–water partition coefficient (Wildman–Crippen LogP) is 3.28. The molecule has 0 aliphatic heterocycles. The third kappa shape index (κ3) is 3.15. The number of nitrogens with one attached hydrogen (secondary N) is 1. The lowest BCUT2D eigenvalue weighted by Gasteiger charge is -2.12. The molecule has 1 aromatic carbocycles. The Hall–Kier alpha value is -0.250. The largest absolute Gasteiger partial charge is 0.301 e. The monoisotopic (exact) mass is 233 g/mol. The number of hydrogen-bond acceptors (Lipinski definition) is 2. The van der Waals surface area contributed by atoms with Crippen molar-refractivity contribution < 1.29 is 4.39 Å². The van der Waals surface area contributed by atoms with Gasteiger partial charge in [0, 0.05) is 17.1 Å². The number of thioether (sulfide) groups is 1. The minimum atomic E-state index is -0.252. The average Bonchev–Trinajstić information content (AvgIpc) is 2.16. The maximum absolute atomic E-state index is 13.3. The molecule has 1 nitrogen and oxygen atoms in total. The van der Waals surface area contributed by atoms with Crippen LogP contribution in [0.15, 0.2) is 18.2 Å². The molecule has 1 atom stereocenters. The van der Waals surface area contributed by atoms with Crippen LogP contribution in [0.25, 0.3) is 0 Å². The second-order valence-corrected chi connectivity index (χ2v) is 4.54. The van der Waals surface area contributed by atoms with Crippen LogP contribution in [-0.4, -0.2) is 11.6 Å². The van der Waals surface area contributed by atoms with Crippen LogP contribution in [-0.2, 0) is 6.54 Å². The van der Waals surface area contributed by atoms with Crippen LogP contribution in [0.3, 0.4) is 0 Å². The van der Waals surface area contributed by atoms with Crippen LogP contribution >= 0.6 is 23.4 Å². The standard InChI is InChI=1S/C10H13ClFNS/c1-7(14-2)13-6-8-9(11)4-3-5-10(8)12/h3-5,7,13H,6H2,1-2H3. The summed E-state index contributed by atoms with van der Waals surface area (Å²) in [5, 5.41) is 3.94. The lowest BCUT2D eigenvalue weighted by molar-refractivity contribution is 0.587. The van der Waals surface area contributed by atoms with Crippen molar-refractivity contribution in [2.45, 2.75) is 18.8 Å². The van der Waals surface area contributed by atoms with Crippen molar-refractivity contribution in [1.82, 2.24) is 5.32 Å². The summed E-state index contributed by atoms with van der Waals surface area (Å²) in [4.78, 5) is 0. The molecule has 4 heteroatoms. The first-order valence-electron chi connectivity index (χ1n) is 4.34. The van der Waals surface area contributed by atoms with E-state index >= 15 is 0 Å². The van der Waals surface area contributed by atoms with E-state index in [1.807, 2.05) is 13.2 Å². The molecule has 1 rings (SSSR count). The van der Waals surface area contributed by atoms with Gasteiger partial charge in [-0.2, -0.15) is 0 Å². The molecule has 0 bridgehead atoms. The fourth-order valence-electron chi connectivity index (χ4n) is 1.03. The molecular weight excluding hydrogens is 221 g/mol. The Morgan fingerprint density at radius 3 is 2.86 bits per heavy atom. The number of hydrogen-bond donors (Lipinski definition) is 1. The number of benzene rings is 1. The quantitative estimate of drug-likeness (QED) is 0.802. The Morgan fingerprint density at radius 2 is 2.29 bits per heavy atom. The summed E-state index contributed by atoms with van der Waals surface area (Å²) in [5.74, 6) is -0.252. The molecule has 0 aliphatic carbocycles. The van der Waals surface area contributed by atoms with Gasteiger partial charge in [-0.3, -0.25) is 0 Å². The lowest BCUT2D eigenvalue weighted by Crippen LogP contribution is -2.22. The second-order valence-electron chi connectivity index (χ2n) is 2.96. The van der Waals surface area contributed by atoms with Gasteiger partial charge in [-0.25, -0.2) is 4.39 Å². The fourth-order valence-corrected chi connectivity index (χ4v) is 1.51. The third-order valence-electron chi connectivity index (χ3n) is 1.98. The highest BCUT2D eigenvalue weighted by atomic mass is 35.5. The first kappa shape index (κ1) is 11.8. The van der Waals surface area contributed by atoms with Crippen molar-refractivity contribution in [3.8, 4) is 0 Å². The minimum Gasteiger partial charge on any atom is -0.301 e. The van der Waals surface area contributed by atoms with Gasteiger partial charge in [0.15, 0.2) is 0 Å². The molecule has 0 amide bonds. The Labute approximate surface area is 93.0 Å². The van der Waals surface area contributed by atoms with Crippen molar-refractivity contribution in [1.29, 1.82) is 0 Å². The van der Waals surface area contributed by atoms with Gasteiger partial charge in [-0.05, 0) is 25.3 Å². The van der Waals surface area contributed by atoms with Gasteiger partial charge in [0.1, 0.15) is 5.82 Å². The summed E-state index contributed by atoms with van der Waals surface area (Å²) < 4.78 is 13.3. The molecule has 1 aromatic rings. The summed E-state index contributed by atoms with van der Waals surface area (Å²) in [7, 11) is 0. The van der Waals surface area contributed by atoms with Crippen LogP contribution in [0, 0.1) is 5.82 Å². The topological polar surface area (TPSA) is 12.0 Å².